The Labute approximate surface area is 189 Å². The molecule has 0 N–H and O–H groups in total. The van der Waals surface area contributed by atoms with Gasteiger partial charge >= 0.3 is 11.9 Å². The first-order valence-electron chi connectivity index (χ1n) is 10.4. The van der Waals surface area contributed by atoms with E-state index in [1.807, 2.05) is 0 Å². The lowest BCUT2D eigenvalue weighted by Gasteiger charge is -2.08. The van der Waals surface area contributed by atoms with Gasteiger partial charge in [-0.2, -0.15) is 0 Å². The van der Waals surface area contributed by atoms with Gasteiger partial charge in [-0.05, 0) is 25.3 Å². The van der Waals surface area contributed by atoms with Crippen LogP contribution in [0.25, 0.3) is 0 Å². The van der Waals surface area contributed by atoms with Gasteiger partial charge in [0.1, 0.15) is 5.02 Å². The lowest BCUT2D eigenvalue weighted by molar-refractivity contribution is -0.144. The van der Waals surface area contributed by atoms with Crippen molar-refractivity contribution in [3.8, 4) is 5.75 Å². The first kappa shape index (κ1) is 26.1. The lowest BCUT2D eigenvalue weighted by atomic mass is 10.1. The standard InChI is InChI=1S/C22H31Cl3O4/c1-2-3-4-5-6-7-8-11-14-28-20(26)12-9-10-13-21(27)29-19-16-17(23)15-18(24)22(19)25/h15-16H,2-14H2,1H3. The number of hydrogen-bond acceptors (Lipinski definition) is 4. The smallest absolute Gasteiger partial charge is 0.311 e. The molecule has 0 aliphatic rings. The number of unbranched alkanes of at least 4 members (excludes halogenated alkanes) is 8. The van der Waals surface area contributed by atoms with E-state index in [0.29, 0.717) is 30.9 Å². The molecule has 0 aliphatic heterocycles. The van der Waals surface area contributed by atoms with E-state index in [1.165, 1.54) is 50.7 Å². The van der Waals surface area contributed by atoms with Crippen LogP contribution in [-0.2, 0) is 14.3 Å². The fraction of sp³-hybridized carbons (Fsp3) is 0.636. The van der Waals surface area contributed by atoms with Gasteiger partial charge in [0.05, 0.1) is 11.6 Å². The molecular weight excluding hydrogens is 435 g/mol. The largest absolute Gasteiger partial charge is 0.466 e. The van der Waals surface area contributed by atoms with Crippen molar-refractivity contribution in [1.82, 2.24) is 0 Å². The average molecular weight is 466 g/mol. The third-order valence-corrected chi connectivity index (χ3v) is 5.46. The van der Waals surface area contributed by atoms with Crippen molar-refractivity contribution < 1.29 is 19.1 Å². The Morgan fingerprint density at radius 2 is 1.38 bits per heavy atom. The minimum atomic E-state index is -0.447. The second-order valence-electron chi connectivity index (χ2n) is 7.08. The fourth-order valence-electron chi connectivity index (χ4n) is 2.81. The number of ether oxygens (including phenoxy) is 2. The van der Waals surface area contributed by atoms with Crippen molar-refractivity contribution in [2.24, 2.45) is 0 Å². The maximum Gasteiger partial charge on any atom is 0.311 e. The van der Waals surface area contributed by atoms with E-state index < -0.39 is 5.97 Å². The molecule has 0 aromatic heterocycles. The number of halogens is 3. The van der Waals surface area contributed by atoms with Gasteiger partial charge in [-0.1, -0.05) is 86.7 Å². The molecule has 0 saturated carbocycles. The molecule has 0 heterocycles. The SMILES string of the molecule is CCCCCCCCCCOC(=O)CCCCC(=O)Oc1cc(Cl)cc(Cl)c1Cl. The Morgan fingerprint density at radius 3 is 2.03 bits per heavy atom. The van der Waals surface area contributed by atoms with Gasteiger partial charge in [0.15, 0.2) is 5.75 Å². The third kappa shape index (κ3) is 12.3. The molecule has 0 radical (unpaired) electrons. The van der Waals surface area contributed by atoms with E-state index >= 15 is 0 Å². The molecule has 0 amide bonds. The summed E-state index contributed by atoms with van der Waals surface area (Å²) in [5.41, 5.74) is 0. The number of carbonyl (C=O) groups is 2. The number of benzene rings is 1. The maximum atomic E-state index is 11.9. The summed E-state index contributed by atoms with van der Waals surface area (Å²) in [5.74, 6) is -0.526. The van der Waals surface area contributed by atoms with Crippen molar-refractivity contribution in [1.29, 1.82) is 0 Å². The normalized spacial score (nSPS) is 10.8. The molecule has 1 aromatic rings. The van der Waals surface area contributed by atoms with Crippen molar-refractivity contribution in [2.45, 2.75) is 84.0 Å². The van der Waals surface area contributed by atoms with E-state index in [4.69, 9.17) is 44.3 Å². The molecule has 0 aliphatic carbocycles. The van der Waals surface area contributed by atoms with Crippen molar-refractivity contribution in [3.63, 3.8) is 0 Å². The van der Waals surface area contributed by atoms with Gasteiger partial charge in [0.25, 0.3) is 0 Å². The maximum absolute atomic E-state index is 11.9. The number of hydrogen-bond donors (Lipinski definition) is 0. The molecule has 164 valence electrons. The summed E-state index contributed by atoms with van der Waals surface area (Å²) >= 11 is 17.8. The molecular formula is C22H31Cl3O4. The highest BCUT2D eigenvalue weighted by molar-refractivity contribution is 6.44. The Kier molecular flexibility index (Phi) is 14.2. The molecule has 0 unspecified atom stereocenters. The first-order chi connectivity index (χ1) is 13.9. The average Bonchev–Trinajstić information content (AvgIpc) is 2.67. The van der Waals surface area contributed by atoms with Crippen LogP contribution in [0.15, 0.2) is 12.1 Å². The number of carbonyl (C=O) groups excluding carboxylic acids is 2. The van der Waals surface area contributed by atoms with E-state index in [1.54, 1.807) is 0 Å². The van der Waals surface area contributed by atoms with Crippen molar-refractivity contribution in [2.75, 3.05) is 6.61 Å². The van der Waals surface area contributed by atoms with Gasteiger partial charge in [0.2, 0.25) is 0 Å². The highest BCUT2D eigenvalue weighted by Crippen LogP contribution is 2.35. The van der Waals surface area contributed by atoms with Gasteiger partial charge in [0, 0.05) is 23.9 Å². The first-order valence-corrected chi connectivity index (χ1v) is 11.6. The summed E-state index contributed by atoms with van der Waals surface area (Å²) < 4.78 is 10.4. The summed E-state index contributed by atoms with van der Waals surface area (Å²) in [6.07, 6.45) is 11.2. The van der Waals surface area contributed by atoms with Gasteiger partial charge in [-0.25, -0.2) is 0 Å². The van der Waals surface area contributed by atoms with Crippen LogP contribution in [0.3, 0.4) is 0 Å². The lowest BCUT2D eigenvalue weighted by Crippen LogP contribution is -2.09. The molecule has 0 atom stereocenters. The molecule has 0 fully saturated rings. The predicted molar refractivity (Wildman–Crippen MR) is 119 cm³/mol. The predicted octanol–water partition coefficient (Wildman–Crippen LogP) is 7.80. The van der Waals surface area contributed by atoms with Crippen LogP contribution in [-0.4, -0.2) is 18.5 Å². The minimum absolute atomic E-state index is 0.138. The molecule has 7 heteroatoms. The van der Waals surface area contributed by atoms with Crippen LogP contribution < -0.4 is 4.74 Å². The molecule has 0 saturated heterocycles. The zero-order valence-electron chi connectivity index (χ0n) is 17.1. The van der Waals surface area contributed by atoms with Crippen LogP contribution in [0, 0.1) is 0 Å². The molecule has 0 bridgehead atoms. The minimum Gasteiger partial charge on any atom is -0.466 e. The zero-order valence-corrected chi connectivity index (χ0v) is 19.4. The second kappa shape index (κ2) is 15.8. The quantitative estimate of drug-likeness (QED) is 0.115. The van der Waals surface area contributed by atoms with E-state index in [0.717, 1.165) is 12.8 Å². The highest BCUT2D eigenvalue weighted by Gasteiger charge is 2.13. The monoisotopic (exact) mass is 464 g/mol. The Morgan fingerprint density at radius 1 is 0.793 bits per heavy atom. The van der Waals surface area contributed by atoms with Crippen molar-refractivity contribution in [3.05, 3.63) is 27.2 Å². The third-order valence-electron chi connectivity index (χ3n) is 4.46. The van der Waals surface area contributed by atoms with E-state index in [2.05, 4.69) is 6.92 Å². The molecule has 4 nitrogen and oxygen atoms in total. The van der Waals surface area contributed by atoms with E-state index in [-0.39, 0.29) is 28.2 Å². The number of esters is 2. The molecule has 1 rings (SSSR count). The number of rotatable bonds is 15. The van der Waals surface area contributed by atoms with Crippen LogP contribution in [0.4, 0.5) is 0 Å². The van der Waals surface area contributed by atoms with E-state index in [9.17, 15) is 9.59 Å². The van der Waals surface area contributed by atoms with Gasteiger partial charge in [-0.3, -0.25) is 9.59 Å². The highest BCUT2D eigenvalue weighted by atomic mass is 35.5. The topological polar surface area (TPSA) is 52.6 Å². The Hall–Kier alpha value is -0.970. The fourth-order valence-corrected chi connectivity index (χ4v) is 3.44. The summed E-state index contributed by atoms with van der Waals surface area (Å²) in [6.45, 7) is 2.69. The van der Waals surface area contributed by atoms with Crippen LogP contribution >= 0.6 is 34.8 Å². The Bertz CT molecular complexity index is 635. The van der Waals surface area contributed by atoms with Crippen molar-refractivity contribution >= 4 is 46.7 Å². The molecule has 29 heavy (non-hydrogen) atoms. The summed E-state index contributed by atoms with van der Waals surface area (Å²) in [6, 6.07) is 2.91. The summed E-state index contributed by atoms with van der Waals surface area (Å²) in [7, 11) is 0. The van der Waals surface area contributed by atoms with Crippen LogP contribution in [0.5, 0.6) is 5.75 Å². The molecule has 0 spiro atoms. The summed E-state index contributed by atoms with van der Waals surface area (Å²) in [4.78, 5) is 23.6. The zero-order chi connectivity index (χ0) is 21.5. The van der Waals surface area contributed by atoms with Gasteiger partial charge in [-0.15, -0.1) is 0 Å². The van der Waals surface area contributed by atoms with Crippen LogP contribution in [0.2, 0.25) is 15.1 Å². The Balaban J connectivity index is 2.05. The van der Waals surface area contributed by atoms with Gasteiger partial charge < -0.3 is 9.47 Å². The molecule has 1 aromatic carbocycles. The van der Waals surface area contributed by atoms with Crippen LogP contribution in [0.1, 0.15) is 84.0 Å². The summed E-state index contributed by atoms with van der Waals surface area (Å²) in [5, 5.41) is 0.705. The second-order valence-corrected chi connectivity index (χ2v) is 8.30.